The fourth-order valence-electron chi connectivity index (χ4n) is 3.43. The number of hydrogen-bond donors (Lipinski definition) is 2. The third kappa shape index (κ3) is 5.74. The first-order valence-electron chi connectivity index (χ1n) is 10.2. The van der Waals surface area contributed by atoms with E-state index >= 15 is 0 Å². The molecule has 1 aliphatic heterocycles. The molecule has 6 nitrogen and oxygen atoms in total. The Morgan fingerprint density at radius 1 is 1.06 bits per heavy atom. The summed E-state index contributed by atoms with van der Waals surface area (Å²) in [5.41, 5.74) is 7.50. The largest absolute Gasteiger partial charge is 0.487 e. The van der Waals surface area contributed by atoms with Crippen LogP contribution in [-0.2, 0) is 16.2 Å². The summed E-state index contributed by atoms with van der Waals surface area (Å²) in [7, 11) is 0. The summed E-state index contributed by atoms with van der Waals surface area (Å²) in [6.07, 6.45) is 0.0725. The third-order valence-corrected chi connectivity index (χ3v) is 5.75. The van der Waals surface area contributed by atoms with Gasteiger partial charge >= 0.3 is 0 Å². The van der Waals surface area contributed by atoms with Crippen LogP contribution in [0, 0.1) is 11.7 Å². The van der Waals surface area contributed by atoms with Crippen LogP contribution in [0.2, 0.25) is 10.0 Å². The number of halogens is 3. The number of carbonyl (C=O) groups excluding carboxylic acids is 2. The SMILES string of the molecule is O=C(NNc1ccc(OCc2ccc(Cl)cc2)c(Cl)c1)[C@H]1CC(=O)N(c2ccc(F)cc2)C1. The number of nitrogens with zero attached hydrogens (tertiary/aromatic N) is 1. The molecule has 3 aromatic rings. The molecule has 33 heavy (non-hydrogen) atoms. The third-order valence-electron chi connectivity index (χ3n) is 5.20. The average molecular weight is 488 g/mol. The molecule has 1 saturated heterocycles. The Hall–Kier alpha value is -3.29. The van der Waals surface area contributed by atoms with Crippen molar-refractivity contribution in [2.45, 2.75) is 13.0 Å². The predicted molar refractivity (Wildman–Crippen MR) is 126 cm³/mol. The van der Waals surface area contributed by atoms with Gasteiger partial charge in [0.1, 0.15) is 18.2 Å². The van der Waals surface area contributed by atoms with Crippen molar-refractivity contribution < 1.29 is 18.7 Å². The van der Waals surface area contributed by atoms with E-state index in [0.29, 0.717) is 33.8 Å². The topological polar surface area (TPSA) is 70.7 Å². The Labute approximate surface area is 200 Å². The first-order chi connectivity index (χ1) is 15.9. The number of ether oxygens (including phenoxy) is 1. The van der Waals surface area contributed by atoms with Gasteiger partial charge in [0.15, 0.2) is 0 Å². The summed E-state index contributed by atoms with van der Waals surface area (Å²) in [6.45, 7) is 0.552. The molecule has 0 aromatic heterocycles. The minimum absolute atomic E-state index is 0.0725. The molecule has 0 bridgehead atoms. The van der Waals surface area contributed by atoms with E-state index in [0.717, 1.165) is 5.56 Å². The molecule has 0 spiro atoms. The van der Waals surface area contributed by atoms with Crippen molar-refractivity contribution in [3.05, 3.63) is 88.2 Å². The second-order valence-electron chi connectivity index (χ2n) is 7.56. The van der Waals surface area contributed by atoms with Crippen LogP contribution in [0.4, 0.5) is 15.8 Å². The minimum Gasteiger partial charge on any atom is -0.487 e. The Balaban J connectivity index is 1.30. The standard InChI is InChI=1S/C24H20Cl2FN3O3/c25-17-3-1-15(2-4-17)14-33-22-10-7-19(12-21(22)26)28-29-24(32)16-11-23(31)30(13-16)20-8-5-18(27)6-9-20/h1-10,12,16,28H,11,13-14H2,(H,29,32)/t16-/m0/s1. The van der Waals surface area contributed by atoms with Crippen LogP contribution in [-0.4, -0.2) is 18.4 Å². The van der Waals surface area contributed by atoms with Gasteiger partial charge in [0, 0.05) is 23.7 Å². The lowest BCUT2D eigenvalue weighted by atomic mass is 10.1. The van der Waals surface area contributed by atoms with Crippen molar-refractivity contribution in [3.63, 3.8) is 0 Å². The van der Waals surface area contributed by atoms with Crippen molar-refractivity contribution in [2.75, 3.05) is 16.9 Å². The van der Waals surface area contributed by atoms with Crippen LogP contribution in [0.15, 0.2) is 66.7 Å². The Kier molecular flexibility index (Phi) is 7.01. The summed E-state index contributed by atoms with van der Waals surface area (Å²) in [5.74, 6) is -0.935. The van der Waals surface area contributed by atoms with Crippen LogP contribution in [0.3, 0.4) is 0 Å². The highest BCUT2D eigenvalue weighted by Gasteiger charge is 2.35. The van der Waals surface area contributed by atoms with Gasteiger partial charge in [-0.05, 0) is 60.2 Å². The van der Waals surface area contributed by atoms with Gasteiger partial charge < -0.3 is 9.64 Å². The molecule has 0 aliphatic carbocycles. The molecule has 1 heterocycles. The van der Waals surface area contributed by atoms with Crippen LogP contribution < -0.4 is 20.5 Å². The van der Waals surface area contributed by atoms with Gasteiger partial charge in [-0.3, -0.25) is 20.4 Å². The van der Waals surface area contributed by atoms with Gasteiger partial charge in [-0.2, -0.15) is 0 Å². The highest BCUT2D eigenvalue weighted by Crippen LogP contribution is 2.29. The number of nitrogens with one attached hydrogen (secondary N) is 2. The van der Waals surface area contributed by atoms with Gasteiger partial charge in [0.25, 0.3) is 0 Å². The molecule has 0 unspecified atom stereocenters. The summed E-state index contributed by atoms with van der Waals surface area (Å²) in [4.78, 5) is 26.3. The molecular weight excluding hydrogens is 468 g/mol. The van der Waals surface area contributed by atoms with Gasteiger partial charge in [-0.15, -0.1) is 0 Å². The second kappa shape index (κ2) is 10.1. The first-order valence-corrected chi connectivity index (χ1v) is 10.9. The molecule has 0 radical (unpaired) electrons. The van der Waals surface area contributed by atoms with Gasteiger partial charge in [0.05, 0.1) is 16.6 Å². The quantitative estimate of drug-likeness (QED) is 0.449. The molecule has 9 heteroatoms. The summed E-state index contributed by atoms with van der Waals surface area (Å²) in [6, 6.07) is 17.9. The van der Waals surface area contributed by atoms with E-state index in [1.807, 2.05) is 12.1 Å². The summed E-state index contributed by atoms with van der Waals surface area (Å²) in [5, 5.41) is 1.03. The van der Waals surface area contributed by atoms with Crippen molar-refractivity contribution in [2.24, 2.45) is 5.92 Å². The van der Waals surface area contributed by atoms with E-state index in [-0.39, 0.29) is 30.6 Å². The molecule has 2 amide bonds. The smallest absolute Gasteiger partial charge is 0.243 e. The van der Waals surface area contributed by atoms with Crippen LogP contribution in [0.25, 0.3) is 0 Å². The Morgan fingerprint density at radius 3 is 2.48 bits per heavy atom. The van der Waals surface area contributed by atoms with Crippen LogP contribution in [0.5, 0.6) is 5.75 Å². The van der Waals surface area contributed by atoms with Crippen LogP contribution in [0.1, 0.15) is 12.0 Å². The van der Waals surface area contributed by atoms with Gasteiger partial charge in [-0.1, -0.05) is 35.3 Å². The number of amides is 2. The monoisotopic (exact) mass is 487 g/mol. The highest BCUT2D eigenvalue weighted by molar-refractivity contribution is 6.32. The molecule has 170 valence electrons. The van der Waals surface area contributed by atoms with Gasteiger partial charge in [-0.25, -0.2) is 4.39 Å². The van der Waals surface area contributed by atoms with E-state index in [9.17, 15) is 14.0 Å². The van der Waals surface area contributed by atoms with E-state index in [1.54, 1.807) is 30.3 Å². The number of benzene rings is 3. The summed E-state index contributed by atoms with van der Waals surface area (Å²) >= 11 is 12.2. The van der Waals surface area contributed by atoms with E-state index in [2.05, 4.69) is 10.9 Å². The molecule has 0 saturated carbocycles. The normalized spacial score (nSPS) is 15.4. The predicted octanol–water partition coefficient (Wildman–Crippen LogP) is 5.21. The Morgan fingerprint density at radius 2 is 1.79 bits per heavy atom. The zero-order chi connectivity index (χ0) is 23.4. The summed E-state index contributed by atoms with van der Waals surface area (Å²) < 4.78 is 18.9. The maximum Gasteiger partial charge on any atom is 0.243 e. The maximum atomic E-state index is 13.1. The zero-order valence-electron chi connectivity index (χ0n) is 17.4. The van der Waals surface area contributed by atoms with E-state index in [4.69, 9.17) is 27.9 Å². The molecule has 2 N–H and O–H groups in total. The van der Waals surface area contributed by atoms with E-state index < -0.39 is 5.92 Å². The van der Waals surface area contributed by atoms with Crippen molar-refractivity contribution >= 4 is 46.4 Å². The molecule has 1 fully saturated rings. The van der Waals surface area contributed by atoms with Crippen molar-refractivity contribution in [3.8, 4) is 5.75 Å². The lowest BCUT2D eigenvalue weighted by molar-refractivity contribution is -0.125. The van der Waals surface area contributed by atoms with E-state index in [1.165, 1.54) is 29.2 Å². The minimum atomic E-state index is -0.535. The number of anilines is 2. The van der Waals surface area contributed by atoms with Crippen molar-refractivity contribution in [1.82, 2.24) is 5.43 Å². The van der Waals surface area contributed by atoms with Crippen molar-refractivity contribution in [1.29, 1.82) is 0 Å². The number of carbonyl (C=O) groups is 2. The molecule has 1 atom stereocenters. The number of hydrogen-bond acceptors (Lipinski definition) is 4. The fourth-order valence-corrected chi connectivity index (χ4v) is 3.79. The van der Waals surface area contributed by atoms with Crippen LogP contribution >= 0.6 is 23.2 Å². The molecule has 1 aliphatic rings. The number of rotatable bonds is 7. The highest BCUT2D eigenvalue weighted by atomic mass is 35.5. The maximum absolute atomic E-state index is 13.1. The lowest BCUT2D eigenvalue weighted by Crippen LogP contribution is -2.36. The number of hydrazine groups is 1. The Bertz CT molecular complexity index is 1160. The average Bonchev–Trinajstić information content (AvgIpc) is 3.20. The zero-order valence-corrected chi connectivity index (χ0v) is 18.9. The van der Waals surface area contributed by atoms with Gasteiger partial charge in [0.2, 0.25) is 11.8 Å². The lowest BCUT2D eigenvalue weighted by Gasteiger charge is -2.17. The molecule has 4 rings (SSSR count). The fraction of sp³-hybridized carbons (Fsp3) is 0.167. The molecular formula is C24H20Cl2FN3O3. The first kappa shape index (κ1) is 22.9. The molecule has 3 aromatic carbocycles. The second-order valence-corrected chi connectivity index (χ2v) is 8.40.